The molecule has 1 unspecified atom stereocenters. The SMILES string of the molecule is COC1c2c(NC(=O)c3ccc(Cl)s3)cccc2C(=O)N1CCC1CCN(C(=O)O)CC1. The van der Waals surface area contributed by atoms with E-state index in [4.69, 9.17) is 21.4 Å². The topological polar surface area (TPSA) is 99.2 Å². The lowest BCUT2D eigenvalue weighted by Crippen LogP contribution is -2.38. The first-order valence-electron chi connectivity index (χ1n) is 10.4. The molecule has 2 aliphatic rings. The fourth-order valence-electron chi connectivity index (χ4n) is 4.36. The van der Waals surface area contributed by atoms with Crippen molar-refractivity contribution in [3.63, 3.8) is 0 Å². The molecule has 1 atom stereocenters. The Bertz CT molecular complexity index is 1030. The maximum atomic E-state index is 13.1. The number of carboxylic acid groups (broad SMARTS) is 1. The fourth-order valence-corrected chi connectivity index (χ4v) is 5.30. The molecular formula is C22H24ClN3O5S. The molecule has 2 aliphatic heterocycles. The van der Waals surface area contributed by atoms with Crippen LogP contribution >= 0.6 is 22.9 Å². The third-order valence-corrected chi connectivity index (χ3v) is 7.29. The molecule has 0 radical (unpaired) electrons. The van der Waals surface area contributed by atoms with Crippen molar-refractivity contribution in [2.45, 2.75) is 25.5 Å². The highest BCUT2D eigenvalue weighted by atomic mass is 35.5. The van der Waals surface area contributed by atoms with Crippen molar-refractivity contribution in [2.75, 3.05) is 32.1 Å². The standard InChI is InChI=1S/C22H24ClN3O5S/c1-31-21-18-14(3-2-4-15(18)24-19(27)16-5-6-17(23)32-16)20(28)26(21)12-9-13-7-10-25(11-8-13)22(29)30/h2-6,13,21H,7-12H2,1H3,(H,24,27)(H,29,30). The van der Waals surface area contributed by atoms with E-state index in [0.717, 1.165) is 19.3 Å². The third-order valence-electron chi connectivity index (χ3n) is 6.06. The number of likely N-dealkylation sites (tertiary alicyclic amines) is 1. The number of fused-ring (bicyclic) bond motifs is 1. The molecule has 32 heavy (non-hydrogen) atoms. The molecule has 3 amide bonds. The van der Waals surface area contributed by atoms with Crippen molar-refractivity contribution in [1.82, 2.24) is 9.80 Å². The Labute approximate surface area is 194 Å². The predicted octanol–water partition coefficient (Wildman–Crippen LogP) is 4.53. The first-order chi connectivity index (χ1) is 15.4. The first kappa shape index (κ1) is 22.6. The number of nitrogens with one attached hydrogen (secondary N) is 1. The van der Waals surface area contributed by atoms with Gasteiger partial charge < -0.3 is 25.0 Å². The summed E-state index contributed by atoms with van der Waals surface area (Å²) in [6, 6.07) is 8.57. The molecule has 0 bridgehead atoms. The minimum atomic E-state index is -0.882. The Hall–Kier alpha value is -2.62. The van der Waals surface area contributed by atoms with Crippen molar-refractivity contribution < 1.29 is 24.2 Å². The van der Waals surface area contributed by atoms with Gasteiger partial charge >= 0.3 is 6.09 Å². The highest BCUT2D eigenvalue weighted by molar-refractivity contribution is 7.18. The number of methoxy groups -OCH3 is 1. The maximum absolute atomic E-state index is 13.1. The summed E-state index contributed by atoms with van der Waals surface area (Å²) >= 11 is 7.13. The number of halogens is 1. The number of ether oxygens (including phenoxy) is 1. The molecule has 1 aromatic heterocycles. The Balaban J connectivity index is 1.47. The van der Waals surface area contributed by atoms with Crippen LogP contribution in [0.1, 0.15) is 51.1 Å². The molecule has 0 aliphatic carbocycles. The summed E-state index contributed by atoms with van der Waals surface area (Å²) in [5.74, 6) is -0.0753. The van der Waals surface area contributed by atoms with Gasteiger partial charge in [0.15, 0.2) is 6.23 Å². The smallest absolute Gasteiger partial charge is 0.407 e. The quantitative estimate of drug-likeness (QED) is 0.636. The van der Waals surface area contributed by atoms with Gasteiger partial charge in [0.1, 0.15) is 0 Å². The summed E-state index contributed by atoms with van der Waals surface area (Å²) in [7, 11) is 1.54. The Morgan fingerprint density at radius 3 is 2.62 bits per heavy atom. The molecule has 1 fully saturated rings. The number of piperidine rings is 1. The summed E-state index contributed by atoms with van der Waals surface area (Å²) in [5.41, 5.74) is 1.70. The Morgan fingerprint density at radius 1 is 1.25 bits per heavy atom. The van der Waals surface area contributed by atoms with Gasteiger partial charge in [-0.25, -0.2) is 4.79 Å². The molecule has 8 nitrogen and oxygen atoms in total. The number of rotatable bonds is 6. The largest absolute Gasteiger partial charge is 0.465 e. The van der Waals surface area contributed by atoms with E-state index >= 15 is 0 Å². The second kappa shape index (κ2) is 9.48. The lowest BCUT2D eigenvalue weighted by molar-refractivity contribution is -0.0149. The summed E-state index contributed by atoms with van der Waals surface area (Å²) in [4.78, 5) is 40.5. The minimum Gasteiger partial charge on any atom is -0.465 e. The van der Waals surface area contributed by atoms with Crippen molar-refractivity contribution in [2.24, 2.45) is 5.92 Å². The van der Waals surface area contributed by atoms with Gasteiger partial charge in [0.05, 0.1) is 9.21 Å². The highest BCUT2D eigenvalue weighted by Crippen LogP contribution is 2.40. The third kappa shape index (κ3) is 4.46. The lowest BCUT2D eigenvalue weighted by Gasteiger charge is -2.32. The molecule has 1 aromatic carbocycles. The molecule has 10 heteroatoms. The van der Waals surface area contributed by atoms with E-state index in [0.29, 0.717) is 51.6 Å². The van der Waals surface area contributed by atoms with Crippen molar-refractivity contribution in [3.8, 4) is 0 Å². The monoisotopic (exact) mass is 477 g/mol. The highest BCUT2D eigenvalue weighted by Gasteiger charge is 2.39. The number of benzene rings is 1. The van der Waals surface area contributed by atoms with Crippen molar-refractivity contribution >= 4 is 46.5 Å². The van der Waals surface area contributed by atoms with Crippen LogP contribution in [0.4, 0.5) is 10.5 Å². The lowest BCUT2D eigenvalue weighted by atomic mass is 9.93. The van der Waals surface area contributed by atoms with Crippen molar-refractivity contribution in [3.05, 3.63) is 50.7 Å². The molecular weight excluding hydrogens is 454 g/mol. The van der Waals surface area contributed by atoms with Crippen LogP contribution in [0.5, 0.6) is 0 Å². The van der Waals surface area contributed by atoms with E-state index in [2.05, 4.69) is 5.32 Å². The van der Waals surface area contributed by atoms with Crippen LogP contribution in [0.25, 0.3) is 0 Å². The number of carbonyl (C=O) groups excluding carboxylic acids is 2. The van der Waals surface area contributed by atoms with Gasteiger partial charge in [0.2, 0.25) is 0 Å². The van der Waals surface area contributed by atoms with Crippen LogP contribution in [-0.4, -0.2) is 59.6 Å². The van der Waals surface area contributed by atoms with Gasteiger partial charge in [-0.05, 0) is 49.4 Å². The predicted molar refractivity (Wildman–Crippen MR) is 121 cm³/mol. The normalized spacial score (nSPS) is 18.7. The number of hydrogen-bond acceptors (Lipinski definition) is 5. The van der Waals surface area contributed by atoms with Gasteiger partial charge in [0, 0.05) is 43.6 Å². The van der Waals surface area contributed by atoms with Crippen LogP contribution in [-0.2, 0) is 4.74 Å². The number of hydrogen-bond donors (Lipinski definition) is 2. The van der Waals surface area contributed by atoms with E-state index in [1.165, 1.54) is 16.2 Å². The number of thiophene rings is 1. The van der Waals surface area contributed by atoms with Gasteiger partial charge in [-0.2, -0.15) is 0 Å². The molecule has 0 saturated carbocycles. The molecule has 4 rings (SSSR count). The molecule has 2 aromatic rings. The number of anilines is 1. The molecule has 170 valence electrons. The van der Waals surface area contributed by atoms with Gasteiger partial charge in [-0.3, -0.25) is 9.59 Å². The number of carbonyl (C=O) groups is 3. The van der Waals surface area contributed by atoms with Gasteiger partial charge in [-0.1, -0.05) is 17.7 Å². The van der Waals surface area contributed by atoms with Crippen LogP contribution < -0.4 is 5.32 Å². The van der Waals surface area contributed by atoms with E-state index in [1.807, 2.05) is 0 Å². The van der Waals surface area contributed by atoms with Gasteiger partial charge in [0.25, 0.3) is 11.8 Å². The zero-order valence-corrected chi connectivity index (χ0v) is 19.1. The zero-order chi connectivity index (χ0) is 22.8. The van der Waals surface area contributed by atoms with E-state index in [-0.39, 0.29) is 11.8 Å². The second-order valence-corrected chi connectivity index (χ2v) is 9.63. The fraction of sp³-hybridized carbons (Fsp3) is 0.409. The second-order valence-electron chi connectivity index (χ2n) is 7.91. The summed E-state index contributed by atoms with van der Waals surface area (Å²) in [6.07, 6.45) is 0.850. The number of amides is 3. The Morgan fingerprint density at radius 2 is 2.00 bits per heavy atom. The van der Waals surface area contributed by atoms with Gasteiger partial charge in [-0.15, -0.1) is 11.3 Å². The zero-order valence-electron chi connectivity index (χ0n) is 17.5. The summed E-state index contributed by atoms with van der Waals surface area (Å²) < 4.78 is 6.22. The first-order valence-corrected chi connectivity index (χ1v) is 11.6. The molecule has 2 N–H and O–H groups in total. The number of nitrogens with zero attached hydrogens (tertiary/aromatic N) is 2. The maximum Gasteiger partial charge on any atom is 0.407 e. The van der Waals surface area contributed by atoms with Crippen molar-refractivity contribution in [1.29, 1.82) is 0 Å². The van der Waals surface area contributed by atoms with Crippen LogP contribution in [0, 0.1) is 5.92 Å². The average molecular weight is 478 g/mol. The Kier molecular flexibility index (Phi) is 6.68. The van der Waals surface area contributed by atoms with Crippen LogP contribution in [0.15, 0.2) is 30.3 Å². The summed E-state index contributed by atoms with van der Waals surface area (Å²) in [6.45, 7) is 1.53. The average Bonchev–Trinajstić information content (AvgIpc) is 3.34. The molecule has 3 heterocycles. The van der Waals surface area contributed by atoms with E-state index in [1.54, 1.807) is 42.3 Å². The minimum absolute atomic E-state index is 0.134. The summed E-state index contributed by atoms with van der Waals surface area (Å²) in [5, 5.41) is 12.0. The van der Waals surface area contributed by atoms with E-state index < -0.39 is 12.3 Å². The van der Waals surface area contributed by atoms with Crippen LogP contribution in [0.2, 0.25) is 4.34 Å². The molecule has 0 spiro atoms. The van der Waals surface area contributed by atoms with Crippen LogP contribution in [0.3, 0.4) is 0 Å². The van der Waals surface area contributed by atoms with E-state index in [9.17, 15) is 14.4 Å². The molecule has 1 saturated heterocycles.